The summed E-state index contributed by atoms with van der Waals surface area (Å²) < 4.78 is 0. The summed E-state index contributed by atoms with van der Waals surface area (Å²) in [6.07, 6.45) is 10.7. The Hall–Kier alpha value is -0.410. The first kappa shape index (κ1) is 14.7. The molecule has 3 nitrogen and oxygen atoms in total. The van der Waals surface area contributed by atoms with Crippen molar-refractivity contribution in [2.45, 2.75) is 57.9 Å². The normalized spacial score (nSPS) is 21.6. The van der Waals surface area contributed by atoms with Gasteiger partial charge >= 0.3 is 0 Å². The number of hydrogen-bond acceptors (Lipinski definition) is 3. The van der Waals surface area contributed by atoms with Gasteiger partial charge < -0.3 is 5.32 Å². The quantitative estimate of drug-likeness (QED) is 0.626. The highest BCUT2D eigenvalue weighted by molar-refractivity contribution is 5.51. The first-order chi connectivity index (χ1) is 8.38. The zero-order chi connectivity index (χ0) is 12.3. The van der Waals surface area contributed by atoms with Crippen LogP contribution in [0.5, 0.6) is 0 Å². The van der Waals surface area contributed by atoms with Crippen molar-refractivity contribution in [3.05, 3.63) is 0 Å². The van der Waals surface area contributed by atoms with Crippen LogP contribution in [0.2, 0.25) is 0 Å². The molecule has 1 atom stereocenters. The number of carbonyl (C=O) groups excluding carboxylic acids is 1. The molecule has 0 saturated carbocycles. The second-order valence-corrected chi connectivity index (χ2v) is 5.01. The summed E-state index contributed by atoms with van der Waals surface area (Å²) in [6.45, 7) is 6.50. The van der Waals surface area contributed by atoms with Crippen molar-refractivity contribution >= 4 is 6.29 Å². The van der Waals surface area contributed by atoms with Crippen LogP contribution in [0.4, 0.5) is 0 Å². The number of nitrogens with one attached hydrogen (secondary N) is 1. The Bertz CT molecular complexity index is 197. The van der Waals surface area contributed by atoms with Crippen molar-refractivity contribution in [3.8, 4) is 0 Å². The van der Waals surface area contributed by atoms with Gasteiger partial charge in [0, 0.05) is 32.1 Å². The molecule has 0 amide bonds. The van der Waals surface area contributed by atoms with Crippen LogP contribution in [-0.2, 0) is 4.79 Å². The van der Waals surface area contributed by atoms with Crippen LogP contribution in [0, 0.1) is 0 Å². The molecular formula is C14H27N2O. The molecule has 0 bridgehead atoms. The summed E-state index contributed by atoms with van der Waals surface area (Å²) in [7, 11) is 0. The number of hydrogen-bond donors (Lipinski definition) is 1. The van der Waals surface area contributed by atoms with Crippen LogP contribution in [0.3, 0.4) is 0 Å². The molecule has 17 heavy (non-hydrogen) atoms. The van der Waals surface area contributed by atoms with Gasteiger partial charge in [-0.2, -0.15) is 0 Å². The van der Waals surface area contributed by atoms with Crippen LogP contribution in [0.1, 0.15) is 51.9 Å². The number of unbranched alkanes of at least 4 members (excludes halogenated alkanes) is 5. The molecule has 99 valence electrons. The summed E-state index contributed by atoms with van der Waals surface area (Å²) in [4.78, 5) is 12.9. The molecule has 0 aromatic heterocycles. The van der Waals surface area contributed by atoms with Gasteiger partial charge in [-0.15, -0.1) is 0 Å². The molecule has 1 unspecified atom stereocenters. The van der Waals surface area contributed by atoms with Gasteiger partial charge in [0.15, 0.2) is 6.29 Å². The first-order valence-corrected chi connectivity index (χ1v) is 7.18. The van der Waals surface area contributed by atoms with Crippen molar-refractivity contribution in [3.63, 3.8) is 0 Å². The van der Waals surface area contributed by atoms with Gasteiger partial charge in [0.2, 0.25) is 0 Å². The van der Waals surface area contributed by atoms with E-state index in [1.807, 2.05) is 0 Å². The zero-order valence-corrected chi connectivity index (χ0v) is 11.2. The first-order valence-electron chi connectivity index (χ1n) is 7.18. The van der Waals surface area contributed by atoms with Crippen molar-refractivity contribution in [2.24, 2.45) is 0 Å². The summed E-state index contributed by atoms with van der Waals surface area (Å²) in [5.74, 6) is 0. The average molecular weight is 239 g/mol. The fourth-order valence-electron chi connectivity index (χ4n) is 2.49. The highest BCUT2D eigenvalue weighted by Crippen LogP contribution is 2.10. The van der Waals surface area contributed by atoms with Crippen LogP contribution in [-0.4, -0.2) is 43.4 Å². The third-order valence-corrected chi connectivity index (χ3v) is 3.59. The van der Waals surface area contributed by atoms with Crippen LogP contribution < -0.4 is 5.32 Å². The predicted molar refractivity (Wildman–Crippen MR) is 71.9 cm³/mol. The maximum Gasteiger partial charge on any atom is 0.200 e. The van der Waals surface area contributed by atoms with E-state index in [4.69, 9.17) is 0 Å². The zero-order valence-electron chi connectivity index (χ0n) is 11.2. The third-order valence-electron chi connectivity index (χ3n) is 3.59. The Morgan fingerprint density at radius 3 is 2.76 bits per heavy atom. The van der Waals surface area contributed by atoms with Gasteiger partial charge in [-0.05, 0) is 13.0 Å². The monoisotopic (exact) mass is 239 g/mol. The Morgan fingerprint density at radius 2 is 2.00 bits per heavy atom. The SMILES string of the molecule is CCCCCCCCN1CCNCC1C[C]=O. The van der Waals surface area contributed by atoms with E-state index in [9.17, 15) is 4.79 Å². The molecule has 1 rings (SSSR count). The topological polar surface area (TPSA) is 32.3 Å². The number of rotatable bonds is 9. The third kappa shape index (κ3) is 6.18. The maximum atomic E-state index is 10.5. The van der Waals surface area contributed by atoms with Gasteiger partial charge in [0.25, 0.3) is 0 Å². The lowest BCUT2D eigenvalue weighted by Crippen LogP contribution is -2.51. The van der Waals surface area contributed by atoms with Crippen molar-refractivity contribution in [1.82, 2.24) is 10.2 Å². The highest BCUT2D eigenvalue weighted by atomic mass is 16.1. The molecule has 1 heterocycles. The summed E-state index contributed by atoms with van der Waals surface area (Å²) >= 11 is 0. The fraction of sp³-hybridized carbons (Fsp3) is 0.929. The minimum absolute atomic E-state index is 0.386. The van der Waals surface area contributed by atoms with E-state index in [2.05, 4.69) is 23.4 Å². The fourth-order valence-corrected chi connectivity index (χ4v) is 2.49. The van der Waals surface area contributed by atoms with E-state index in [0.29, 0.717) is 12.5 Å². The molecule has 0 aromatic carbocycles. The van der Waals surface area contributed by atoms with Crippen molar-refractivity contribution in [1.29, 1.82) is 0 Å². The molecule has 1 aliphatic heterocycles. The molecular weight excluding hydrogens is 212 g/mol. The minimum atomic E-state index is 0.386. The van der Waals surface area contributed by atoms with E-state index < -0.39 is 0 Å². The van der Waals surface area contributed by atoms with Crippen molar-refractivity contribution < 1.29 is 4.79 Å². The van der Waals surface area contributed by atoms with Crippen LogP contribution in [0.15, 0.2) is 0 Å². The lowest BCUT2D eigenvalue weighted by Gasteiger charge is -2.35. The molecule has 1 saturated heterocycles. The molecule has 0 aromatic rings. The van der Waals surface area contributed by atoms with E-state index in [-0.39, 0.29) is 0 Å². The summed E-state index contributed by atoms with van der Waals surface area (Å²) in [5, 5.41) is 3.35. The smallest absolute Gasteiger partial charge is 0.200 e. The predicted octanol–water partition coefficient (Wildman–Crippen LogP) is 2.12. The van der Waals surface area contributed by atoms with E-state index >= 15 is 0 Å². The Balaban J connectivity index is 2.08. The van der Waals surface area contributed by atoms with E-state index in [0.717, 1.165) is 26.2 Å². The largest absolute Gasteiger partial charge is 0.314 e. The average Bonchev–Trinajstić information content (AvgIpc) is 2.36. The molecule has 1 radical (unpaired) electrons. The van der Waals surface area contributed by atoms with Gasteiger partial charge in [0.05, 0.1) is 0 Å². The molecule has 1 fully saturated rings. The van der Waals surface area contributed by atoms with Crippen molar-refractivity contribution in [2.75, 3.05) is 26.2 Å². The van der Waals surface area contributed by atoms with Crippen LogP contribution in [0.25, 0.3) is 0 Å². The Kier molecular flexibility index (Phi) is 8.28. The van der Waals surface area contributed by atoms with Crippen LogP contribution >= 0.6 is 0 Å². The molecule has 0 aliphatic carbocycles. The van der Waals surface area contributed by atoms with E-state index in [1.165, 1.54) is 38.5 Å². The molecule has 1 aliphatic rings. The maximum absolute atomic E-state index is 10.5. The number of nitrogens with zero attached hydrogens (tertiary/aromatic N) is 1. The van der Waals surface area contributed by atoms with Gasteiger partial charge in [-0.1, -0.05) is 39.0 Å². The van der Waals surface area contributed by atoms with Gasteiger partial charge in [-0.25, -0.2) is 0 Å². The molecule has 3 heteroatoms. The molecule has 0 spiro atoms. The number of piperazine rings is 1. The van der Waals surface area contributed by atoms with E-state index in [1.54, 1.807) is 0 Å². The van der Waals surface area contributed by atoms with Gasteiger partial charge in [-0.3, -0.25) is 9.69 Å². The summed E-state index contributed by atoms with van der Waals surface area (Å²) in [5.41, 5.74) is 0. The second-order valence-electron chi connectivity index (χ2n) is 5.01. The Labute approximate surface area is 106 Å². The molecule has 1 N–H and O–H groups in total. The highest BCUT2D eigenvalue weighted by Gasteiger charge is 2.20. The van der Waals surface area contributed by atoms with Gasteiger partial charge in [0.1, 0.15) is 0 Å². The standard InChI is InChI=1S/C14H27N2O/c1-2-3-4-5-6-7-10-16-11-9-15-13-14(16)8-12-17/h14-15H,2-11,13H2,1H3. The summed E-state index contributed by atoms with van der Waals surface area (Å²) in [6, 6.07) is 0.386. The lowest BCUT2D eigenvalue weighted by atomic mass is 10.1. The lowest BCUT2D eigenvalue weighted by molar-refractivity contribution is 0.161. The Morgan fingerprint density at radius 1 is 1.24 bits per heavy atom. The second kappa shape index (κ2) is 9.60. The minimum Gasteiger partial charge on any atom is -0.314 e.